The molecule has 0 saturated carbocycles. The van der Waals surface area contributed by atoms with E-state index in [1.165, 1.54) is 128 Å². The van der Waals surface area contributed by atoms with Gasteiger partial charge in [-0.3, -0.25) is 0 Å². The zero-order valence-electron chi connectivity index (χ0n) is 51.7. The van der Waals surface area contributed by atoms with Crippen LogP contribution in [-0.4, -0.2) is 48.5 Å². The minimum absolute atomic E-state index is 0.0158. The molecule has 3 aliphatic heterocycles. The van der Waals surface area contributed by atoms with E-state index in [1.54, 1.807) is 0 Å². The van der Waals surface area contributed by atoms with E-state index < -0.39 is 9.96 Å². The molecule has 4 aliphatic rings. The van der Waals surface area contributed by atoms with Crippen molar-refractivity contribution in [1.29, 1.82) is 0 Å². The van der Waals surface area contributed by atoms with Crippen molar-refractivity contribution in [2.45, 2.75) is 152 Å². The van der Waals surface area contributed by atoms with E-state index in [9.17, 15) is 0 Å². The highest BCUT2D eigenvalue weighted by Crippen LogP contribution is 2.61. The van der Waals surface area contributed by atoms with Gasteiger partial charge in [-0.15, -0.1) is 0 Å². The van der Waals surface area contributed by atoms with Crippen LogP contribution in [0.2, 0.25) is 0 Å². The monoisotopic (exact) mass is 1150 g/mol. The highest BCUT2D eigenvalue weighted by atomic mass is 35.6. The Kier molecular flexibility index (Phi) is 16.5. The molecule has 0 N–H and O–H groups in total. The van der Waals surface area contributed by atoms with Crippen LogP contribution >= 0.6 is 34.8 Å². The number of benzene rings is 8. The fraction of sp³-hybridized carbons (Fsp3) is 0.370. The van der Waals surface area contributed by atoms with Crippen LogP contribution in [0.1, 0.15) is 121 Å². The smallest absolute Gasteiger partial charge is 0.228 e. The molecule has 82 heavy (non-hydrogen) atoms. The van der Waals surface area contributed by atoms with Crippen LogP contribution in [0.3, 0.4) is 0 Å². The van der Waals surface area contributed by atoms with Gasteiger partial charge in [0.05, 0.1) is 24.4 Å². The largest absolute Gasteiger partial charge is 0.349 e. The Balaban J connectivity index is 0.000000141. The highest BCUT2D eigenvalue weighted by molar-refractivity contribution is 6.68. The summed E-state index contributed by atoms with van der Waals surface area (Å²) in [5, 5.41) is 2.57. The van der Waals surface area contributed by atoms with Crippen LogP contribution < -0.4 is 29.4 Å². The minimum atomic E-state index is -1.55. The maximum Gasteiger partial charge on any atom is 0.228 e. The molecule has 0 spiro atoms. The predicted octanol–water partition coefficient (Wildman–Crippen LogP) is 19.0. The number of anilines is 6. The summed E-state index contributed by atoms with van der Waals surface area (Å²) in [5.41, 5.74) is 30.5. The van der Waals surface area contributed by atoms with Gasteiger partial charge in [0, 0.05) is 60.3 Å². The summed E-state index contributed by atoms with van der Waals surface area (Å²) in [5.74, 6) is 0. The van der Waals surface area contributed by atoms with Gasteiger partial charge in [-0.25, -0.2) is 0 Å². The molecular weight excluding hydrogens is 1070 g/mol. The lowest BCUT2D eigenvalue weighted by Gasteiger charge is -2.40. The molecule has 3 fully saturated rings. The highest BCUT2D eigenvalue weighted by Gasteiger charge is 2.59. The molecular formula is C73H85Cl3N6. The molecule has 6 nitrogen and oxygen atoms in total. The van der Waals surface area contributed by atoms with Crippen LogP contribution in [0.5, 0.6) is 0 Å². The number of para-hydroxylation sites is 1. The fourth-order valence-electron chi connectivity index (χ4n) is 15.5. The third-order valence-electron chi connectivity index (χ3n) is 17.9. The average molecular weight is 1150 g/mol. The van der Waals surface area contributed by atoms with E-state index in [0.717, 1.165) is 37.6 Å². The van der Waals surface area contributed by atoms with Gasteiger partial charge in [0.15, 0.2) is 6.17 Å². The number of fused-ring (bicyclic) bond motifs is 3. The lowest BCUT2D eigenvalue weighted by molar-refractivity contribution is 0.646. The SMILES string of the molecule is Cc1cc(C)c(N2C3c4cccc5cccc(c45)C3N(c3ccccc3)C2C(Cl)(Cl)Cl)c(C)c1.Cc1cc(C)c(N2CCN(c3c(C)cc(C)cc3C)C2C)c(C)c1.Cc1cc(C)c(N2CCN(c3c(C)cc(C)cc3C)C2C)c(C)c1. The fourth-order valence-corrected chi connectivity index (χ4v) is 16.2. The number of aryl methyl sites for hydroxylation is 15. The van der Waals surface area contributed by atoms with Crippen LogP contribution in [0.15, 0.2) is 127 Å². The topological polar surface area (TPSA) is 19.4 Å². The van der Waals surface area contributed by atoms with Gasteiger partial charge in [0.25, 0.3) is 0 Å². The van der Waals surface area contributed by atoms with Crippen molar-refractivity contribution in [1.82, 2.24) is 0 Å². The maximum absolute atomic E-state index is 6.85. The number of nitrogens with zero attached hydrogens (tertiary/aromatic N) is 6. The van der Waals surface area contributed by atoms with Gasteiger partial charge in [0.2, 0.25) is 3.79 Å². The Labute approximate surface area is 506 Å². The summed E-state index contributed by atoms with van der Waals surface area (Å²) in [4.78, 5) is 15.0. The molecule has 3 heterocycles. The van der Waals surface area contributed by atoms with Crippen LogP contribution in [0.4, 0.5) is 34.1 Å². The van der Waals surface area contributed by atoms with Crippen LogP contribution in [0.25, 0.3) is 10.8 Å². The molecule has 0 aromatic heterocycles. The average Bonchev–Trinajstić information content (AvgIpc) is 1.81. The first-order valence-corrected chi connectivity index (χ1v) is 30.6. The van der Waals surface area contributed by atoms with E-state index in [4.69, 9.17) is 34.8 Å². The molecule has 3 unspecified atom stereocenters. The Morgan fingerprint density at radius 3 is 0.915 bits per heavy atom. The van der Waals surface area contributed by atoms with Crippen LogP contribution in [0, 0.1) is 104 Å². The van der Waals surface area contributed by atoms with E-state index in [1.807, 2.05) is 18.2 Å². The zero-order chi connectivity index (χ0) is 59.0. The van der Waals surface area contributed by atoms with Crippen molar-refractivity contribution in [3.8, 4) is 0 Å². The number of hydrogen-bond acceptors (Lipinski definition) is 6. The van der Waals surface area contributed by atoms with Crippen molar-refractivity contribution < 1.29 is 0 Å². The van der Waals surface area contributed by atoms with Gasteiger partial charge in [-0.2, -0.15) is 0 Å². The lowest BCUT2D eigenvalue weighted by atomic mass is 9.99. The standard InChI is InChI=1S/C29H25Cl3N2.2C22H30N2/c1-17-15-18(2)25(19(3)16-17)34-27-23-14-8-10-20-9-7-13-22(24(20)23)26(27)33(28(34)29(30,31)32)21-11-5-4-6-12-21;2*1-14-10-16(3)21(17(4)11-14)23-8-9-24(20(23)7)22-18(5)12-15(2)13-19(22)6/h4-16,26-28H,1-3H3;2*10-13,20H,8-9H2,1-7H3. The summed E-state index contributed by atoms with van der Waals surface area (Å²) >= 11 is 20.6. The number of rotatable bonds is 6. The van der Waals surface area contributed by atoms with Crippen LogP contribution in [-0.2, 0) is 0 Å². The number of hydrogen-bond donors (Lipinski definition) is 0. The van der Waals surface area contributed by atoms with E-state index >= 15 is 0 Å². The maximum atomic E-state index is 6.85. The quantitative estimate of drug-likeness (QED) is 0.153. The Morgan fingerprint density at radius 1 is 0.341 bits per heavy atom. The van der Waals surface area contributed by atoms with Crippen molar-refractivity contribution in [3.05, 3.63) is 222 Å². The Bertz CT molecular complexity index is 3330. The normalized spacial score (nSPS) is 17.9. The van der Waals surface area contributed by atoms with E-state index in [-0.39, 0.29) is 12.1 Å². The van der Waals surface area contributed by atoms with Gasteiger partial charge in [0.1, 0.15) is 0 Å². The molecule has 3 atom stereocenters. The third-order valence-corrected chi connectivity index (χ3v) is 18.5. The van der Waals surface area contributed by atoms with Crippen molar-refractivity contribution in [3.63, 3.8) is 0 Å². The number of halogens is 3. The van der Waals surface area contributed by atoms with Gasteiger partial charge in [-0.05, 0) is 207 Å². The first-order chi connectivity index (χ1) is 38.9. The van der Waals surface area contributed by atoms with Crippen molar-refractivity contribution in [2.24, 2.45) is 0 Å². The molecule has 8 aromatic carbocycles. The molecule has 0 radical (unpaired) electrons. The second-order valence-corrected chi connectivity index (χ2v) is 26.9. The molecule has 9 heteroatoms. The van der Waals surface area contributed by atoms with E-state index in [2.05, 4.69) is 256 Å². The summed E-state index contributed by atoms with van der Waals surface area (Å²) in [6, 6.07) is 46.4. The van der Waals surface area contributed by atoms with Crippen molar-refractivity contribution in [2.75, 3.05) is 55.6 Å². The third kappa shape index (κ3) is 10.8. The predicted molar refractivity (Wildman–Crippen MR) is 356 cm³/mol. The summed E-state index contributed by atoms with van der Waals surface area (Å²) in [7, 11) is 0. The first-order valence-electron chi connectivity index (χ1n) is 29.5. The summed E-state index contributed by atoms with van der Waals surface area (Å²) in [6.07, 6.45) is 0.272. The molecule has 3 saturated heterocycles. The van der Waals surface area contributed by atoms with Gasteiger partial charge < -0.3 is 29.4 Å². The summed E-state index contributed by atoms with van der Waals surface area (Å²) in [6.45, 7) is 42.1. The zero-order valence-corrected chi connectivity index (χ0v) is 53.9. The number of alkyl halides is 3. The van der Waals surface area contributed by atoms with Gasteiger partial charge >= 0.3 is 0 Å². The second-order valence-electron chi connectivity index (χ2n) is 24.5. The van der Waals surface area contributed by atoms with Crippen molar-refractivity contribution >= 4 is 79.7 Å². The first kappa shape index (κ1) is 58.9. The minimum Gasteiger partial charge on any atom is -0.349 e. The molecule has 428 valence electrons. The molecule has 0 bridgehead atoms. The second kappa shape index (κ2) is 23.0. The molecule has 12 rings (SSSR count). The summed E-state index contributed by atoms with van der Waals surface area (Å²) < 4.78 is -1.55. The Morgan fingerprint density at radius 2 is 0.622 bits per heavy atom. The lowest BCUT2D eigenvalue weighted by Crippen LogP contribution is -2.49. The molecule has 8 aromatic rings. The molecule has 0 amide bonds. The molecule has 1 aliphatic carbocycles. The Hall–Kier alpha value is -6.31. The van der Waals surface area contributed by atoms with Gasteiger partial charge in [-0.1, -0.05) is 178 Å². The van der Waals surface area contributed by atoms with E-state index in [0.29, 0.717) is 12.3 Å².